The minimum Gasteiger partial charge on any atom is -0.339 e. The standard InChI is InChI=1S/C26H25FN4O2/c1-17(32)12-18-13-23-24(29-31(3)25(23)28-16-18)21-8-4-6-19(14-21)20-7-5-9-22(15-20)26(33)30(2)11-10-27/h4-9,13-16H,10-12H2,1-3H3. The molecule has 7 heteroatoms. The van der Waals surface area contributed by atoms with Crippen LogP contribution < -0.4 is 0 Å². The van der Waals surface area contributed by atoms with Crippen LogP contribution in [0.4, 0.5) is 4.39 Å². The fourth-order valence-electron chi connectivity index (χ4n) is 3.91. The summed E-state index contributed by atoms with van der Waals surface area (Å²) in [6.07, 6.45) is 2.04. The molecule has 0 spiro atoms. The number of halogens is 1. The number of nitrogens with zero attached hydrogens (tertiary/aromatic N) is 4. The highest BCUT2D eigenvalue weighted by Crippen LogP contribution is 2.31. The van der Waals surface area contributed by atoms with Crippen LogP contribution in [0.2, 0.25) is 0 Å². The van der Waals surface area contributed by atoms with Crippen LogP contribution in [0, 0.1) is 0 Å². The Morgan fingerprint density at radius 3 is 2.45 bits per heavy atom. The minimum atomic E-state index is -0.578. The zero-order chi connectivity index (χ0) is 23.5. The van der Waals surface area contributed by atoms with Crippen LogP contribution in [0.15, 0.2) is 60.8 Å². The van der Waals surface area contributed by atoms with Crippen LogP contribution >= 0.6 is 0 Å². The van der Waals surface area contributed by atoms with E-state index < -0.39 is 6.67 Å². The third-order valence-electron chi connectivity index (χ3n) is 5.53. The molecule has 0 atom stereocenters. The maximum Gasteiger partial charge on any atom is 0.253 e. The van der Waals surface area contributed by atoms with E-state index in [1.807, 2.05) is 55.6 Å². The Hall–Kier alpha value is -3.87. The van der Waals surface area contributed by atoms with Gasteiger partial charge in [-0.1, -0.05) is 30.3 Å². The molecule has 4 aromatic rings. The number of carbonyl (C=O) groups is 2. The van der Waals surface area contributed by atoms with E-state index in [4.69, 9.17) is 0 Å². The number of aryl methyl sites for hydroxylation is 1. The number of benzene rings is 2. The fourth-order valence-corrected chi connectivity index (χ4v) is 3.91. The number of fused-ring (bicyclic) bond motifs is 1. The van der Waals surface area contributed by atoms with Gasteiger partial charge in [0.1, 0.15) is 18.2 Å². The molecular weight excluding hydrogens is 419 g/mol. The molecule has 0 saturated carbocycles. The van der Waals surface area contributed by atoms with Gasteiger partial charge in [-0.3, -0.25) is 9.59 Å². The number of aromatic nitrogens is 3. The van der Waals surface area contributed by atoms with Gasteiger partial charge in [0.05, 0.1) is 0 Å². The average molecular weight is 445 g/mol. The Labute approximate surface area is 191 Å². The molecule has 1 amide bonds. The Balaban J connectivity index is 1.74. The van der Waals surface area contributed by atoms with Gasteiger partial charge in [-0.05, 0) is 47.9 Å². The van der Waals surface area contributed by atoms with Crippen molar-refractivity contribution in [3.63, 3.8) is 0 Å². The van der Waals surface area contributed by atoms with Gasteiger partial charge in [0.25, 0.3) is 5.91 Å². The van der Waals surface area contributed by atoms with Gasteiger partial charge in [-0.25, -0.2) is 14.1 Å². The molecule has 2 aromatic carbocycles. The summed E-state index contributed by atoms with van der Waals surface area (Å²) >= 11 is 0. The predicted molar refractivity (Wildman–Crippen MR) is 127 cm³/mol. The summed E-state index contributed by atoms with van der Waals surface area (Å²) in [7, 11) is 3.44. The predicted octanol–water partition coefficient (Wildman–Crippen LogP) is 4.48. The van der Waals surface area contributed by atoms with Gasteiger partial charge in [0.2, 0.25) is 0 Å². The Bertz CT molecular complexity index is 1350. The average Bonchev–Trinajstić information content (AvgIpc) is 3.14. The van der Waals surface area contributed by atoms with Crippen molar-refractivity contribution in [2.45, 2.75) is 13.3 Å². The highest BCUT2D eigenvalue weighted by atomic mass is 19.1. The Kier molecular flexibility index (Phi) is 6.31. The van der Waals surface area contributed by atoms with Gasteiger partial charge < -0.3 is 4.90 Å². The lowest BCUT2D eigenvalue weighted by atomic mass is 9.98. The highest BCUT2D eigenvalue weighted by molar-refractivity contribution is 5.96. The monoisotopic (exact) mass is 444 g/mol. The summed E-state index contributed by atoms with van der Waals surface area (Å²) < 4.78 is 14.4. The summed E-state index contributed by atoms with van der Waals surface area (Å²) in [5.74, 6) is -0.138. The zero-order valence-electron chi connectivity index (χ0n) is 18.9. The molecular formula is C26H25FN4O2. The number of amides is 1. The van der Waals surface area contributed by atoms with Crippen molar-refractivity contribution in [2.75, 3.05) is 20.3 Å². The molecule has 0 aliphatic carbocycles. The molecule has 0 N–H and O–H groups in total. The molecule has 0 radical (unpaired) electrons. The van der Waals surface area contributed by atoms with Crippen LogP contribution in [0.3, 0.4) is 0 Å². The highest BCUT2D eigenvalue weighted by Gasteiger charge is 2.15. The molecule has 4 rings (SSSR count). The summed E-state index contributed by atoms with van der Waals surface area (Å²) in [6.45, 7) is 1.04. The van der Waals surface area contributed by atoms with Crippen molar-refractivity contribution in [3.05, 3.63) is 71.9 Å². The number of rotatable bonds is 7. The molecule has 0 bridgehead atoms. The van der Waals surface area contributed by atoms with Gasteiger partial charge in [0, 0.05) is 49.8 Å². The molecule has 2 aromatic heterocycles. The summed E-state index contributed by atoms with van der Waals surface area (Å²) in [5, 5.41) is 5.56. The van der Waals surface area contributed by atoms with Gasteiger partial charge in [0.15, 0.2) is 5.65 Å². The van der Waals surface area contributed by atoms with Crippen molar-refractivity contribution >= 4 is 22.7 Å². The van der Waals surface area contributed by atoms with E-state index in [1.165, 1.54) is 4.90 Å². The van der Waals surface area contributed by atoms with Crippen molar-refractivity contribution in [2.24, 2.45) is 7.05 Å². The van der Waals surface area contributed by atoms with Crippen molar-refractivity contribution in [3.8, 4) is 22.4 Å². The van der Waals surface area contributed by atoms with Gasteiger partial charge in [-0.2, -0.15) is 5.10 Å². The van der Waals surface area contributed by atoms with Crippen LogP contribution in [0.1, 0.15) is 22.8 Å². The summed E-state index contributed by atoms with van der Waals surface area (Å²) in [4.78, 5) is 30.0. The van der Waals surface area contributed by atoms with E-state index in [2.05, 4.69) is 10.1 Å². The number of hydrogen-bond acceptors (Lipinski definition) is 4. The maximum atomic E-state index is 12.6. The zero-order valence-corrected chi connectivity index (χ0v) is 18.9. The normalized spacial score (nSPS) is 11.0. The summed E-state index contributed by atoms with van der Waals surface area (Å²) in [6, 6.07) is 17.2. The summed E-state index contributed by atoms with van der Waals surface area (Å²) in [5.41, 5.74) is 5.60. The fraction of sp³-hybridized carbons (Fsp3) is 0.231. The van der Waals surface area contributed by atoms with Crippen LogP contribution in [0.5, 0.6) is 0 Å². The second-order valence-corrected chi connectivity index (χ2v) is 8.14. The molecule has 0 fully saturated rings. The van der Waals surface area contributed by atoms with Crippen LogP contribution in [0.25, 0.3) is 33.4 Å². The first-order valence-corrected chi connectivity index (χ1v) is 10.7. The SMILES string of the molecule is CC(=O)Cc1cnc2c(c1)c(-c1cccc(-c3cccc(C(=O)N(C)CCF)c3)c1)nn2C. The third kappa shape index (κ3) is 4.67. The van der Waals surface area contributed by atoms with E-state index >= 15 is 0 Å². The van der Waals surface area contributed by atoms with Crippen LogP contribution in [-0.2, 0) is 18.3 Å². The molecule has 2 heterocycles. The van der Waals surface area contributed by atoms with E-state index in [0.29, 0.717) is 12.0 Å². The van der Waals surface area contributed by atoms with Crippen LogP contribution in [-0.4, -0.2) is 51.6 Å². The molecule has 6 nitrogen and oxygen atoms in total. The van der Waals surface area contributed by atoms with E-state index in [9.17, 15) is 14.0 Å². The smallest absolute Gasteiger partial charge is 0.253 e. The lowest BCUT2D eigenvalue weighted by molar-refractivity contribution is -0.116. The molecule has 0 aliphatic heterocycles. The van der Waals surface area contributed by atoms with Crippen molar-refractivity contribution in [1.82, 2.24) is 19.7 Å². The molecule has 168 valence electrons. The number of ketones is 1. The van der Waals surface area contributed by atoms with Crippen molar-refractivity contribution < 1.29 is 14.0 Å². The Morgan fingerprint density at radius 2 is 1.73 bits per heavy atom. The van der Waals surface area contributed by atoms with E-state index in [-0.39, 0.29) is 18.2 Å². The van der Waals surface area contributed by atoms with E-state index in [1.54, 1.807) is 30.9 Å². The number of alkyl halides is 1. The molecule has 0 unspecified atom stereocenters. The second kappa shape index (κ2) is 9.32. The van der Waals surface area contributed by atoms with Gasteiger partial charge in [-0.15, -0.1) is 0 Å². The number of pyridine rings is 1. The number of hydrogen-bond donors (Lipinski definition) is 0. The lowest BCUT2D eigenvalue weighted by Crippen LogP contribution is -2.28. The molecule has 0 aliphatic rings. The first-order valence-electron chi connectivity index (χ1n) is 10.7. The first kappa shape index (κ1) is 22.3. The van der Waals surface area contributed by atoms with E-state index in [0.717, 1.165) is 39.0 Å². The van der Waals surface area contributed by atoms with Gasteiger partial charge >= 0.3 is 0 Å². The maximum absolute atomic E-state index is 12.6. The lowest BCUT2D eigenvalue weighted by Gasteiger charge is -2.15. The van der Waals surface area contributed by atoms with Crippen molar-refractivity contribution in [1.29, 1.82) is 0 Å². The quantitative estimate of drug-likeness (QED) is 0.422. The topological polar surface area (TPSA) is 68.1 Å². The minimum absolute atomic E-state index is 0.0605. The second-order valence-electron chi connectivity index (χ2n) is 8.14. The third-order valence-corrected chi connectivity index (χ3v) is 5.53. The first-order chi connectivity index (χ1) is 15.9. The number of carbonyl (C=O) groups excluding carboxylic acids is 2. The Morgan fingerprint density at radius 1 is 1.03 bits per heavy atom. The largest absolute Gasteiger partial charge is 0.339 e. The molecule has 33 heavy (non-hydrogen) atoms. The molecule has 0 saturated heterocycles. The number of Topliss-reactive ketones (excluding diaryl/α,β-unsaturated/α-hetero) is 1.